The number of carbonyl (C=O) groups is 2. The van der Waals surface area contributed by atoms with Gasteiger partial charge in [-0.1, -0.05) is 51.8 Å². The standard InChI is InChI=1S/C26H20BrClN2O6S/c1-2-35-22-11-18(21(27)13-23(22)36-15-16-6-8-19(28)9-7-16)12-24-25(31)29(26(32)37-24)14-17-4-3-5-20(10-17)30(33)34/h3-13H,2,14-15H2,1H3/b24-12+. The smallest absolute Gasteiger partial charge is 0.293 e. The molecule has 1 aliphatic rings. The molecule has 0 unspecified atom stereocenters. The average molecular weight is 604 g/mol. The number of benzene rings is 3. The van der Waals surface area contributed by atoms with Crippen LogP contribution in [0.5, 0.6) is 11.5 Å². The minimum Gasteiger partial charge on any atom is -0.490 e. The molecule has 0 N–H and O–H groups in total. The quantitative estimate of drug-likeness (QED) is 0.145. The lowest BCUT2D eigenvalue weighted by molar-refractivity contribution is -0.384. The molecule has 0 radical (unpaired) electrons. The SMILES string of the molecule is CCOc1cc(/C=C2/SC(=O)N(Cc3cccc([N+](=O)[O-])c3)C2=O)c(Br)cc1OCc1ccc(Cl)cc1. The van der Waals surface area contributed by atoms with E-state index in [9.17, 15) is 19.7 Å². The molecule has 1 fully saturated rings. The van der Waals surface area contributed by atoms with E-state index in [1.807, 2.05) is 19.1 Å². The number of nitro groups is 1. The van der Waals surface area contributed by atoms with Crippen LogP contribution < -0.4 is 9.47 Å². The van der Waals surface area contributed by atoms with Crippen molar-refractivity contribution in [2.45, 2.75) is 20.1 Å². The van der Waals surface area contributed by atoms with Crippen LogP contribution in [0.15, 0.2) is 70.0 Å². The summed E-state index contributed by atoms with van der Waals surface area (Å²) < 4.78 is 12.4. The number of nitro benzene ring substituents is 1. The Bertz CT molecular complexity index is 1400. The Morgan fingerprint density at radius 1 is 1.05 bits per heavy atom. The first kappa shape index (κ1) is 26.7. The van der Waals surface area contributed by atoms with Crippen LogP contribution in [-0.4, -0.2) is 27.6 Å². The molecular formula is C26H20BrClN2O6S. The summed E-state index contributed by atoms with van der Waals surface area (Å²) in [5.41, 5.74) is 1.94. The van der Waals surface area contributed by atoms with Crippen LogP contribution in [0.4, 0.5) is 10.5 Å². The van der Waals surface area contributed by atoms with Crippen molar-refractivity contribution >= 4 is 62.2 Å². The van der Waals surface area contributed by atoms with E-state index < -0.39 is 16.1 Å². The Kier molecular flexibility index (Phi) is 8.52. The highest BCUT2D eigenvalue weighted by atomic mass is 79.9. The Balaban J connectivity index is 1.54. The van der Waals surface area contributed by atoms with Gasteiger partial charge in [-0.15, -0.1) is 0 Å². The van der Waals surface area contributed by atoms with E-state index in [0.717, 1.165) is 22.2 Å². The second-order valence-corrected chi connectivity index (χ2v) is 10.1. The van der Waals surface area contributed by atoms with Crippen molar-refractivity contribution in [1.82, 2.24) is 4.90 Å². The number of rotatable bonds is 9. The molecule has 190 valence electrons. The summed E-state index contributed by atoms with van der Waals surface area (Å²) in [7, 11) is 0. The molecule has 3 aromatic carbocycles. The predicted molar refractivity (Wildman–Crippen MR) is 146 cm³/mol. The highest BCUT2D eigenvalue weighted by molar-refractivity contribution is 9.10. The monoisotopic (exact) mass is 602 g/mol. The highest BCUT2D eigenvalue weighted by Gasteiger charge is 2.35. The summed E-state index contributed by atoms with van der Waals surface area (Å²) in [6, 6.07) is 16.7. The second-order valence-electron chi connectivity index (χ2n) is 7.86. The molecule has 0 aliphatic carbocycles. The number of imide groups is 1. The molecule has 0 aromatic heterocycles. The lowest BCUT2D eigenvalue weighted by Gasteiger charge is -2.14. The Morgan fingerprint density at radius 2 is 1.78 bits per heavy atom. The van der Waals surface area contributed by atoms with E-state index in [4.69, 9.17) is 21.1 Å². The van der Waals surface area contributed by atoms with Crippen LogP contribution in [0.2, 0.25) is 5.02 Å². The maximum Gasteiger partial charge on any atom is 0.293 e. The summed E-state index contributed by atoms with van der Waals surface area (Å²) in [6.07, 6.45) is 1.61. The van der Waals surface area contributed by atoms with Crippen molar-refractivity contribution in [1.29, 1.82) is 0 Å². The summed E-state index contributed by atoms with van der Waals surface area (Å²) in [5, 5.41) is 11.2. The number of hydrogen-bond donors (Lipinski definition) is 0. The fraction of sp³-hybridized carbons (Fsp3) is 0.154. The van der Waals surface area contributed by atoms with Gasteiger partial charge in [-0.3, -0.25) is 24.6 Å². The van der Waals surface area contributed by atoms with Gasteiger partial charge < -0.3 is 9.47 Å². The Labute approximate surface area is 230 Å². The minimum atomic E-state index is -0.520. The fourth-order valence-electron chi connectivity index (χ4n) is 3.51. The van der Waals surface area contributed by atoms with Crippen molar-refractivity contribution in [3.05, 3.63) is 102 Å². The van der Waals surface area contributed by atoms with Gasteiger partial charge in [0.2, 0.25) is 0 Å². The van der Waals surface area contributed by atoms with Crippen LogP contribution in [0.25, 0.3) is 6.08 Å². The number of ether oxygens (including phenoxy) is 2. The van der Waals surface area contributed by atoms with Crippen molar-refractivity contribution in [3.8, 4) is 11.5 Å². The third kappa shape index (κ3) is 6.51. The molecule has 0 bridgehead atoms. The summed E-state index contributed by atoms with van der Waals surface area (Å²) in [4.78, 5) is 37.4. The summed E-state index contributed by atoms with van der Waals surface area (Å²) >= 11 is 10.3. The summed E-state index contributed by atoms with van der Waals surface area (Å²) in [5.74, 6) is 0.524. The second kappa shape index (κ2) is 11.8. The summed E-state index contributed by atoms with van der Waals surface area (Å²) in [6.45, 7) is 2.49. The minimum absolute atomic E-state index is 0.0630. The zero-order chi connectivity index (χ0) is 26.5. The van der Waals surface area contributed by atoms with Gasteiger partial charge in [0.15, 0.2) is 11.5 Å². The average Bonchev–Trinajstić information content (AvgIpc) is 3.13. The first-order chi connectivity index (χ1) is 17.7. The molecule has 1 aliphatic heterocycles. The van der Waals surface area contributed by atoms with E-state index in [-0.39, 0.29) is 17.1 Å². The molecule has 37 heavy (non-hydrogen) atoms. The number of thioether (sulfide) groups is 1. The van der Waals surface area contributed by atoms with Crippen molar-refractivity contribution in [2.24, 2.45) is 0 Å². The molecule has 1 saturated heterocycles. The Hall–Kier alpha value is -3.34. The number of amides is 2. The molecule has 2 amide bonds. The zero-order valence-electron chi connectivity index (χ0n) is 19.5. The van der Waals surface area contributed by atoms with Crippen molar-refractivity contribution in [2.75, 3.05) is 6.61 Å². The first-order valence-corrected chi connectivity index (χ1v) is 13.1. The predicted octanol–water partition coefficient (Wildman–Crippen LogP) is 7.22. The third-order valence-electron chi connectivity index (χ3n) is 5.29. The molecule has 11 heteroatoms. The molecule has 0 saturated carbocycles. The van der Waals surface area contributed by atoms with Crippen molar-refractivity contribution < 1.29 is 24.0 Å². The maximum absolute atomic E-state index is 13.0. The number of hydrogen-bond acceptors (Lipinski definition) is 7. The van der Waals surface area contributed by atoms with Gasteiger partial charge in [-0.25, -0.2) is 0 Å². The fourth-order valence-corrected chi connectivity index (χ4v) is 4.90. The van der Waals surface area contributed by atoms with Gasteiger partial charge in [-0.2, -0.15) is 0 Å². The third-order valence-corrected chi connectivity index (χ3v) is 7.14. The lowest BCUT2D eigenvalue weighted by Crippen LogP contribution is -2.27. The highest BCUT2D eigenvalue weighted by Crippen LogP contribution is 2.39. The van der Waals surface area contributed by atoms with Gasteiger partial charge in [0.25, 0.3) is 16.8 Å². The van der Waals surface area contributed by atoms with E-state index in [2.05, 4.69) is 15.9 Å². The van der Waals surface area contributed by atoms with Crippen LogP contribution in [-0.2, 0) is 17.9 Å². The van der Waals surface area contributed by atoms with E-state index in [1.165, 1.54) is 18.2 Å². The normalized spacial score (nSPS) is 14.4. The van der Waals surface area contributed by atoms with Crippen LogP contribution in [0.3, 0.4) is 0 Å². The number of non-ortho nitro benzene ring substituents is 1. The van der Waals surface area contributed by atoms with Gasteiger partial charge in [0.1, 0.15) is 6.61 Å². The van der Waals surface area contributed by atoms with Gasteiger partial charge in [0, 0.05) is 21.6 Å². The van der Waals surface area contributed by atoms with E-state index in [0.29, 0.717) is 45.3 Å². The maximum atomic E-state index is 13.0. The van der Waals surface area contributed by atoms with Crippen LogP contribution in [0.1, 0.15) is 23.6 Å². The van der Waals surface area contributed by atoms with Gasteiger partial charge in [0.05, 0.1) is 23.0 Å². The molecule has 1 heterocycles. The van der Waals surface area contributed by atoms with Crippen LogP contribution in [0, 0.1) is 10.1 Å². The molecule has 3 aromatic rings. The zero-order valence-corrected chi connectivity index (χ0v) is 22.6. The number of halogens is 2. The first-order valence-electron chi connectivity index (χ1n) is 11.1. The molecule has 0 spiro atoms. The number of carbonyl (C=O) groups excluding carboxylic acids is 2. The molecular weight excluding hydrogens is 584 g/mol. The topological polar surface area (TPSA) is 99.0 Å². The molecule has 8 nitrogen and oxygen atoms in total. The number of nitrogens with zero attached hydrogens (tertiary/aromatic N) is 2. The van der Waals surface area contributed by atoms with Gasteiger partial charge >= 0.3 is 0 Å². The largest absolute Gasteiger partial charge is 0.490 e. The van der Waals surface area contributed by atoms with E-state index in [1.54, 1.807) is 36.4 Å². The van der Waals surface area contributed by atoms with E-state index >= 15 is 0 Å². The van der Waals surface area contributed by atoms with Crippen molar-refractivity contribution in [3.63, 3.8) is 0 Å². The molecule has 4 rings (SSSR count). The van der Waals surface area contributed by atoms with Crippen LogP contribution >= 0.6 is 39.3 Å². The molecule has 0 atom stereocenters. The lowest BCUT2D eigenvalue weighted by atomic mass is 10.1. The Morgan fingerprint density at radius 3 is 2.49 bits per heavy atom. The van der Waals surface area contributed by atoms with Gasteiger partial charge in [-0.05, 0) is 65.7 Å².